The molecule has 0 radical (unpaired) electrons. The second kappa shape index (κ2) is 6.87. The maximum Gasteiger partial charge on any atom is 0.225 e. The Morgan fingerprint density at radius 2 is 2.15 bits per heavy atom. The fourth-order valence-electron chi connectivity index (χ4n) is 5.05. The van der Waals surface area contributed by atoms with Gasteiger partial charge < -0.3 is 14.6 Å². The summed E-state index contributed by atoms with van der Waals surface area (Å²) >= 11 is 0. The molecule has 7 nitrogen and oxygen atoms in total. The summed E-state index contributed by atoms with van der Waals surface area (Å²) in [6.45, 7) is 5.67. The van der Waals surface area contributed by atoms with E-state index < -0.39 is 0 Å². The van der Waals surface area contributed by atoms with Gasteiger partial charge in [-0.1, -0.05) is 0 Å². The van der Waals surface area contributed by atoms with E-state index in [2.05, 4.69) is 32.5 Å². The molecule has 5 heterocycles. The number of aliphatic hydroxyl groups excluding tert-OH is 1. The lowest BCUT2D eigenvalue weighted by Crippen LogP contribution is -2.41. The number of imidazole rings is 1. The molecule has 2 aromatic rings. The van der Waals surface area contributed by atoms with Gasteiger partial charge in [0.2, 0.25) is 5.95 Å². The summed E-state index contributed by atoms with van der Waals surface area (Å²) in [5.41, 5.74) is 3.80. The lowest BCUT2D eigenvalue weighted by atomic mass is 9.99. The van der Waals surface area contributed by atoms with E-state index in [1.807, 2.05) is 12.5 Å². The first-order chi connectivity index (χ1) is 13.2. The van der Waals surface area contributed by atoms with Crippen molar-refractivity contribution >= 4 is 5.95 Å². The molecule has 3 aliphatic heterocycles. The van der Waals surface area contributed by atoms with Crippen LogP contribution >= 0.6 is 0 Å². The molecule has 7 heteroatoms. The number of hydrogen-bond acceptors (Lipinski definition) is 6. The number of hydrogen-bond donors (Lipinski definition) is 1. The Morgan fingerprint density at radius 1 is 1.22 bits per heavy atom. The van der Waals surface area contributed by atoms with Gasteiger partial charge >= 0.3 is 0 Å². The lowest BCUT2D eigenvalue weighted by molar-refractivity contribution is 0.152. The van der Waals surface area contributed by atoms with Gasteiger partial charge in [0.1, 0.15) is 0 Å². The van der Waals surface area contributed by atoms with Gasteiger partial charge in [0.25, 0.3) is 0 Å². The molecule has 0 aromatic carbocycles. The second-order valence-corrected chi connectivity index (χ2v) is 8.11. The van der Waals surface area contributed by atoms with Crippen LogP contribution in [-0.2, 0) is 19.5 Å². The number of fused-ring (bicyclic) bond motifs is 4. The number of anilines is 1. The van der Waals surface area contributed by atoms with E-state index >= 15 is 0 Å². The van der Waals surface area contributed by atoms with Gasteiger partial charge in [0.05, 0.1) is 23.8 Å². The van der Waals surface area contributed by atoms with E-state index in [1.54, 1.807) is 0 Å². The maximum absolute atomic E-state index is 9.96. The minimum atomic E-state index is -0.256. The van der Waals surface area contributed by atoms with Crippen LogP contribution in [0.4, 0.5) is 5.95 Å². The monoisotopic (exact) mass is 368 g/mol. The molecule has 2 bridgehead atoms. The van der Waals surface area contributed by atoms with Crippen molar-refractivity contribution < 1.29 is 5.11 Å². The Labute approximate surface area is 160 Å². The maximum atomic E-state index is 9.96. The first-order valence-corrected chi connectivity index (χ1v) is 10.3. The summed E-state index contributed by atoms with van der Waals surface area (Å²) in [4.78, 5) is 18.7. The first-order valence-electron chi connectivity index (χ1n) is 10.3. The Morgan fingerprint density at radius 3 is 3.00 bits per heavy atom. The molecule has 5 rings (SSSR count). The normalized spacial score (nSPS) is 27.8. The molecule has 0 aliphatic carbocycles. The van der Waals surface area contributed by atoms with Gasteiger partial charge in [0, 0.05) is 62.6 Å². The average molecular weight is 368 g/mol. The van der Waals surface area contributed by atoms with Crippen molar-refractivity contribution in [2.45, 2.75) is 70.3 Å². The third kappa shape index (κ3) is 3.02. The Balaban J connectivity index is 1.39. The minimum Gasteiger partial charge on any atom is -0.391 e. The first kappa shape index (κ1) is 17.1. The van der Waals surface area contributed by atoms with Gasteiger partial charge in [0.15, 0.2) is 0 Å². The summed E-state index contributed by atoms with van der Waals surface area (Å²) in [5.74, 6) is 0.796. The summed E-state index contributed by atoms with van der Waals surface area (Å²) in [6, 6.07) is 0.970. The molecule has 0 amide bonds. The summed E-state index contributed by atoms with van der Waals surface area (Å²) in [5, 5.41) is 9.96. The number of piperidine rings is 1. The molecular weight excluding hydrogens is 340 g/mol. The van der Waals surface area contributed by atoms with Crippen LogP contribution in [0, 0.1) is 0 Å². The van der Waals surface area contributed by atoms with Crippen LogP contribution in [0.3, 0.4) is 0 Å². The van der Waals surface area contributed by atoms with Crippen LogP contribution in [0.25, 0.3) is 0 Å². The molecule has 1 N–H and O–H groups in total. The zero-order chi connectivity index (χ0) is 18.4. The summed E-state index contributed by atoms with van der Waals surface area (Å²) in [7, 11) is 0. The highest BCUT2D eigenvalue weighted by Crippen LogP contribution is 2.44. The fourth-order valence-corrected chi connectivity index (χ4v) is 5.05. The van der Waals surface area contributed by atoms with Crippen LogP contribution in [0.5, 0.6) is 0 Å². The second-order valence-electron chi connectivity index (χ2n) is 8.11. The lowest BCUT2D eigenvalue weighted by Gasteiger charge is -2.36. The van der Waals surface area contributed by atoms with Crippen LogP contribution in [0.15, 0.2) is 18.7 Å². The predicted octanol–water partition coefficient (Wildman–Crippen LogP) is 1.92. The van der Waals surface area contributed by atoms with E-state index in [9.17, 15) is 5.11 Å². The number of β-amino-alcohol motifs (C(OH)–C–C–N with tert-alkyl or cyclic N) is 1. The quantitative estimate of drug-likeness (QED) is 0.889. The van der Waals surface area contributed by atoms with Crippen molar-refractivity contribution in [3.63, 3.8) is 0 Å². The Hall–Kier alpha value is -1.99. The van der Waals surface area contributed by atoms with Crippen LogP contribution in [0.2, 0.25) is 0 Å². The van der Waals surface area contributed by atoms with Crippen molar-refractivity contribution in [1.29, 1.82) is 0 Å². The van der Waals surface area contributed by atoms with E-state index in [0.29, 0.717) is 18.6 Å². The molecule has 0 unspecified atom stereocenters. The van der Waals surface area contributed by atoms with Crippen LogP contribution < -0.4 is 4.90 Å². The van der Waals surface area contributed by atoms with E-state index in [1.165, 1.54) is 29.8 Å². The minimum absolute atomic E-state index is 0.256. The third-order valence-electron chi connectivity index (χ3n) is 6.48. The topological polar surface area (TPSA) is 70.3 Å². The fraction of sp³-hybridized carbons (Fsp3) is 0.650. The molecule has 144 valence electrons. The number of rotatable bonds is 4. The smallest absolute Gasteiger partial charge is 0.225 e. The number of aryl methyl sites for hydroxylation is 1. The molecule has 0 spiro atoms. The molecular formula is C20H28N6O. The zero-order valence-electron chi connectivity index (χ0n) is 16.0. The average Bonchev–Trinajstić information content (AvgIpc) is 3.24. The highest BCUT2D eigenvalue weighted by molar-refractivity contribution is 5.37. The van der Waals surface area contributed by atoms with Crippen LogP contribution in [0.1, 0.15) is 55.6 Å². The van der Waals surface area contributed by atoms with Crippen molar-refractivity contribution in [1.82, 2.24) is 24.4 Å². The van der Waals surface area contributed by atoms with Gasteiger partial charge in [-0.3, -0.25) is 4.90 Å². The molecule has 3 atom stereocenters. The van der Waals surface area contributed by atoms with Gasteiger partial charge in [-0.2, -0.15) is 0 Å². The molecule has 2 fully saturated rings. The van der Waals surface area contributed by atoms with Crippen molar-refractivity contribution in [3.8, 4) is 0 Å². The SMILES string of the molecule is CCn1cncc1CN1[C@H]2CC[C@H]1c1cnc(N3CCC[C@@H](O)C3)nc1C2. The number of nitrogens with zero attached hydrogens (tertiary/aromatic N) is 6. The highest BCUT2D eigenvalue weighted by atomic mass is 16.3. The molecule has 2 aromatic heterocycles. The molecule has 2 saturated heterocycles. The number of aliphatic hydroxyl groups is 1. The zero-order valence-corrected chi connectivity index (χ0v) is 16.0. The van der Waals surface area contributed by atoms with E-state index in [-0.39, 0.29) is 6.10 Å². The standard InChI is InChI=1S/C20H28N6O/c1-2-24-13-21-9-15(24)11-26-14-5-6-19(26)17-10-22-20(23-18(17)8-14)25-7-3-4-16(27)12-25/h9-10,13-14,16,19,27H,2-8,11-12H2,1H3/t14-,16+,19-/m0/s1. The van der Waals surface area contributed by atoms with Gasteiger partial charge in [-0.15, -0.1) is 0 Å². The van der Waals surface area contributed by atoms with Gasteiger partial charge in [-0.25, -0.2) is 15.0 Å². The molecule has 0 saturated carbocycles. The Kier molecular flexibility index (Phi) is 4.36. The number of aromatic nitrogens is 4. The highest BCUT2D eigenvalue weighted by Gasteiger charge is 2.41. The van der Waals surface area contributed by atoms with Crippen molar-refractivity contribution in [2.24, 2.45) is 0 Å². The molecule has 27 heavy (non-hydrogen) atoms. The predicted molar refractivity (Wildman–Crippen MR) is 102 cm³/mol. The largest absolute Gasteiger partial charge is 0.391 e. The van der Waals surface area contributed by atoms with E-state index in [4.69, 9.17) is 9.97 Å². The van der Waals surface area contributed by atoms with Crippen LogP contribution in [-0.4, -0.2) is 54.8 Å². The molecule has 3 aliphatic rings. The van der Waals surface area contributed by atoms with Crippen molar-refractivity contribution in [3.05, 3.63) is 35.7 Å². The van der Waals surface area contributed by atoms with Crippen molar-refractivity contribution in [2.75, 3.05) is 18.0 Å². The summed E-state index contributed by atoms with van der Waals surface area (Å²) < 4.78 is 2.23. The third-order valence-corrected chi connectivity index (χ3v) is 6.48. The Bertz CT molecular complexity index is 821. The van der Waals surface area contributed by atoms with E-state index in [0.717, 1.165) is 44.8 Å². The summed E-state index contributed by atoms with van der Waals surface area (Å²) in [6.07, 6.45) is 11.0. The van der Waals surface area contributed by atoms with Gasteiger partial charge in [-0.05, 0) is 32.6 Å².